The molecule has 1 aliphatic heterocycles. The largest absolute Gasteiger partial charge is 0.416 e. The summed E-state index contributed by atoms with van der Waals surface area (Å²) in [5, 5.41) is 5.43. The summed E-state index contributed by atoms with van der Waals surface area (Å²) in [6.07, 6.45) is 0.614. The molecule has 0 aliphatic carbocycles. The van der Waals surface area contributed by atoms with Gasteiger partial charge in [-0.3, -0.25) is 19.0 Å². The van der Waals surface area contributed by atoms with Crippen LogP contribution in [0, 0.1) is 6.92 Å². The quantitative estimate of drug-likeness (QED) is 0.357. The number of hydrogen-bond donors (Lipinski definition) is 3. The molecular formula is C29H29ClF3N5O5S. The predicted octanol–water partition coefficient (Wildman–Crippen LogP) is 3.51. The van der Waals surface area contributed by atoms with Crippen molar-refractivity contribution in [3.8, 4) is 5.69 Å². The Balaban J connectivity index is 0.000000502. The molecule has 0 radical (unpaired) electrons. The highest BCUT2D eigenvalue weighted by molar-refractivity contribution is 7.89. The zero-order valence-electron chi connectivity index (χ0n) is 23.8. The molecule has 0 unspecified atom stereocenters. The number of primary amides is 1. The number of amides is 2. The third-order valence-corrected chi connectivity index (χ3v) is 8.55. The first-order valence-electron chi connectivity index (χ1n) is 12.8. The lowest BCUT2D eigenvalue weighted by Crippen LogP contribution is -2.33. The van der Waals surface area contributed by atoms with Gasteiger partial charge in [-0.25, -0.2) is 12.7 Å². The number of benzene rings is 2. The third-order valence-electron chi connectivity index (χ3n) is 6.34. The first kappa shape index (κ1) is 34.1. The summed E-state index contributed by atoms with van der Waals surface area (Å²) in [5.41, 5.74) is 4.11. The molecule has 1 aromatic heterocycles. The van der Waals surface area contributed by atoms with Crippen LogP contribution in [0.3, 0.4) is 0 Å². The minimum absolute atomic E-state index is 0.0189. The lowest BCUT2D eigenvalue weighted by Gasteiger charge is -2.16. The summed E-state index contributed by atoms with van der Waals surface area (Å²) < 4.78 is 65.8. The van der Waals surface area contributed by atoms with Crippen molar-refractivity contribution < 1.29 is 31.2 Å². The van der Waals surface area contributed by atoms with Gasteiger partial charge in [-0.1, -0.05) is 35.9 Å². The van der Waals surface area contributed by atoms with Gasteiger partial charge in [0, 0.05) is 44.1 Å². The fourth-order valence-electron chi connectivity index (χ4n) is 3.86. The second-order valence-electron chi connectivity index (χ2n) is 9.59. The normalized spacial score (nSPS) is 13.0. The molecule has 0 atom stereocenters. The molecular weight excluding hydrogens is 623 g/mol. The molecule has 44 heavy (non-hydrogen) atoms. The number of pyridine rings is 1. The van der Waals surface area contributed by atoms with E-state index in [9.17, 15) is 36.0 Å². The maximum absolute atomic E-state index is 13.1. The van der Waals surface area contributed by atoms with E-state index in [0.29, 0.717) is 17.7 Å². The number of halogens is 4. The minimum atomic E-state index is -4.62. The highest BCUT2D eigenvalue weighted by Gasteiger charge is 2.31. The van der Waals surface area contributed by atoms with Gasteiger partial charge in [0.05, 0.1) is 15.5 Å². The number of sulfonamides is 1. The van der Waals surface area contributed by atoms with E-state index < -0.39 is 33.2 Å². The molecule has 3 aromatic rings. The number of nitrogens with zero attached hydrogens (tertiary/aromatic N) is 2. The van der Waals surface area contributed by atoms with Gasteiger partial charge >= 0.3 is 6.18 Å². The van der Waals surface area contributed by atoms with Gasteiger partial charge in [-0.15, -0.1) is 0 Å². The molecule has 2 aromatic carbocycles. The number of carbonyl (C=O) groups excluding carboxylic acids is 2. The number of aromatic nitrogens is 1. The number of nitrogens with two attached hydrogens (primary N) is 1. The Labute approximate surface area is 256 Å². The third kappa shape index (κ3) is 8.15. The Morgan fingerprint density at radius 1 is 1.11 bits per heavy atom. The molecule has 4 rings (SSSR count). The summed E-state index contributed by atoms with van der Waals surface area (Å²) in [6.45, 7) is 1.97. The molecule has 0 saturated carbocycles. The number of alkyl halides is 3. The second kappa shape index (κ2) is 13.9. The molecule has 0 bridgehead atoms. The van der Waals surface area contributed by atoms with Gasteiger partial charge in [-0.2, -0.15) is 13.2 Å². The summed E-state index contributed by atoms with van der Waals surface area (Å²) in [4.78, 5) is 36.3. The van der Waals surface area contributed by atoms with E-state index in [0.717, 1.165) is 33.1 Å². The molecule has 10 nitrogen and oxygen atoms in total. The van der Waals surface area contributed by atoms with Crippen molar-refractivity contribution in [1.82, 2.24) is 19.5 Å². The fourth-order valence-corrected chi connectivity index (χ4v) is 4.96. The fraction of sp³-hybridized carbons (Fsp3) is 0.207. The van der Waals surface area contributed by atoms with E-state index in [2.05, 4.69) is 10.6 Å². The van der Waals surface area contributed by atoms with E-state index in [-0.39, 0.29) is 39.3 Å². The number of dihydropyridines is 1. The minimum Gasteiger partial charge on any atom is -0.387 e. The van der Waals surface area contributed by atoms with E-state index in [1.54, 1.807) is 18.4 Å². The number of carbonyl (C=O) groups is 2. The van der Waals surface area contributed by atoms with Crippen LogP contribution in [0.15, 0.2) is 88.2 Å². The zero-order valence-corrected chi connectivity index (χ0v) is 25.3. The van der Waals surface area contributed by atoms with E-state index in [1.807, 2.05) is 0 Å². The number of hydrogen-bond acceptors (Lipinski definition) is 6. The number of allylic oxidation sites excluding steroid dienone is 2. The average Bonchev–Trinajstić information content (AvgIpc) is 2.98. The van der Waals surface area contributed by atoms with Gasteiger partial charge in [0.1, 0.15) is 5.56 Å². The SMILES string of the molecule is Cc1c(Cl)cc(C(=O)NCc2ccc(S(=O)(=O)N(C)C)cc2)c(=O)n1-c1cccc(C(F)(F)F)c1.NC(=O)C1=CC=CNC1. The van der Waals surface area contributed by atoms with Crippen molar-refractivity contribution in [3.05, 3.63) is 116 Å². The lowest BCUT2D eigenvalue weighted by atomic mass is 10.1. The molecule has 15 heteroatoms. The molecule has 0 saturated heterocycles. The Morgan fingerprint density at radius 3 is 2.30 bits per heavy atom. The molecule has 0 fully saturated rings. The van der Waals surface area contributed by atoms with Crippen molar-refractivity contribution in [1.29, 1.82) is 0 Å². The van der Waals surface area contributed by atoms with Crippen molar-refractivity contribution in [2.75, 3.05) is 20.6 Å². The highest BCUT2D eigenvalue weighted by atomic mass is 35.5. The van der Waals surface area contributed by atoms with Crippen LogP contribution in [-0.4, -0.2) is 49.7 Å². The first-order valence-corrected chi connectivity index (χ1v) is 14.6. The molecule has 234 valence electrons. The van der Waals surface area contributed by atoms with Crippen molar-refractivity contribution in [3.63, 3.8) is 0 Å². The Hall–Kier alpha value is -4.40. The monoisotopic (exact) mass is 651 g/mol. The van der Waals surface area contributed by atoms with E-state index in [4.69, 9.17) is 17.3 Å². The van der Waals surface area contributed by atoms with Crippen LogP contribution in [0.2, 0.25) is 5.02 Å². The van der Waals surface area contributed by atoms with E-state index in [1.165, 1.54) is 51.4 Å². The molecule has 1 aliphatic rings. The zero-order chi connectivity index (χ0) is 32.8. The summed E-state index contributed by atoms with van der Waals surface area (Å²) in [5.74, 6) is -1.14. The van der Waals surface area contributed by atoms with Gasteiger partial charge in [0.15, 0.2) is 0 Å². The van der Waals surface area contributed by atoms with Gasteiger partial charge in [-0.05, 0) is 61.2 Å². The molecule has 4 N–H and O–H groups in total. The topological polar surface area (TPSA) is 144 Å². The predicted molar refractivity (Wildman–Crippen MR) is 160 cm³/mol. The Morgan fingerprint density at radius 2 is 1.77 bits per heavy atom. The average molecular weight is 652 g/mol. The summed E-state index contributed by atoms with van der Waals surface area (Å²) >= 11 is 6.19. The van der Waals surface area contributed by atoms with Crippen LogP contribution in [0.1, 0.15) is 27.2 Å². The lowest BCUT2D eigenvalue weighted by molar-refractivity contribution is -0.137. The second-order valence-corrected chi connectivity index (χ2v) is 12.1. The van der Waals surface area contributed by atoms with E-state index >= 15 is 0 Å². The molecule has 0 spiro atoms. The standard InChI is InChI=1S/C23H21ClF3N3O4S.C6H8N2O/c1-14-20(24)12-19(22(32)30(14)17-6-4-5-16(11-17)23(25,26)27)21(31)28-13-15-7-9-18(10-8-15)35(33,34)29(2)3;7-6(9)5-2-1-3-8-4-5/h4-12H,13H2,1-3H3,(H,28,31);1-3,8H,4H2,(H2,7,9). The highest BCUT2D eigenvalue weighted by Crippen LogP contribution is 2.30. The van der Waals surface area contributed by atoms with Gasteiger partial charge in [0.2, 0.25) is 15.9 Å². The number of rotatable bonds is 7. The van der Waals surface area contributed by atoms with Crippen LogP contribution in [0.5, 0.6) is 0 Å². The van der Waals surface area contributed by atoms with Crippen LogP contribution in [-0.2, 0) is 27.5 Å². The van der Waals surface area contributed by atoms with Crippen molar-refractivity contribution in [2.45, 2.75) is 24.5 Å². The molecule has 2 amide bonds. The van der Waals surface area contributed by atoms with Crippen LogP contribution in [0.4, 0.5) is 13.2 Å². The Kier molecular flexibility index (Phi) is 10.8. The summed E-state index contributed by atoms with van der Waals surface area (Å²) in [7, 11) is -0.799. The smallest absolute Gasteiger partial charge is 0.387 e. The van der Waals surface area contributed by atoms with Crippen molar-refractivity contribution >= 4 is 33.4 Å². The summed E-state index contributed by atoms with van der Waals surface area (Å²) in [6, 6.07) is 11.1. The van der Waals surface area contributed by atoms with Crippen LogP contribution in [0.25, 0.3) is 5.69 Å². The van der Waals surface area contributed by atoms with Crippen LogP contribution < -0.4 is 21.9 Å². The van der Waals surface area contributed by atoms with Crippen LogP contribution >= 0.6 is 11.6 Å². The molecule has 2 heterocycles. The first-order chi connectivity index (χ1) is 20.5. The number of nitrogens with one attached hydrogen (secondary N) is 2. The van der Waals surface area contributed by atoms with Gasteiger partial charge in [0.25, 0.3) is 11.5 Å². The maximum atomic E-state index is 13.1. The maximum Gasteiger partial charge on any atom is 0.416 e. The Bertz CT molecular complexity index is 1780. The van der Waals surface area contributed by atoms with Gasteiger partial charge < -0.3 is 16.4 Å². The van der Waals surface area contributed by atoms with Crippen molar-refractivity contribution in [2.24, 2.45) is 5.73 Å².